The fourth-order valence-corrected chi connectivity index (χ4v) is 4.92. The summed E-state index contributed by atoms with van der Waals surface area (Å²) in [5.74, 6) is -0.405. The van der Waals surface area contributed by atoms with E-state index in [1.807, 2.05) is 66.7 Å². The minimum Gasteiger partial charge on any atom is -0.385 e. The summed E-state index contributed by atoms with van der Waals surface area (Å²) in [5.41, 5.74) is 1.43. The van der Waals surface area contributed by atoms with Crippen molar-refractivity contribution < 1.29 is 14.7 Å². The van der Waals surface area contributed by atoms with Gasteiger partial charge in [-0.3, -0.25) is 14.5 Å². The lowest BCUT2D eigenvalue weighted by Crippen LogP contribution is -2.44. The number of amides is 2. The van der Waals surface area contributed by atoms with Gasteiger partial charge in [0.2, 0.25) is 0 Å². The van der Waals surface area contributed by atoms with E-state index in [4.69, 9.17) is 0 Å². The van der Waals surface area contributed by atoms with Gasteiger partial charge < -0.3 is 10.0 Å². The number of carbonyl (C=O) groups is 2. The largest absolute Gasteiger partial charge is 0.385 e. The second-order valence-corrected chi connectivity index (χ2v) is 8.56. The van der Waals surface area contributed by atoms with Gasteiger partial charge in [-0.1, -0.05) is 54.6 Å². The van der Waals surface area contributed by atoms with Crippen molar-refractivity contribution in [2.24, 2.45) is 0 Å². The van der Waals surface area contributed by atoms with Crippen molar-refractivity contribution in [2.45, 2.75) is 24.9 Å². The first-order chi connectivity index (χ1) is 15.1. The van der Waals surface area contributed by atoms with Crippen molar-refractivity contribution in [3.63, 3.8) is 0 Å². The van der Waals surface area contributed by atoms with Crippen LogP contribution >= 0.6 is 0 Å². The fraction of sp³-hybridized carbons (Fsp3) is 0.308. The van der Waals surface area contributed by atoms with Crippen molar-refractivity contribution >= 4 is 22.6 Å². The van der Waals surface area contributed by atoms with Gasteiger partial charge in [-0.15, -0.1) is 0 Å². The third-order valence-electron chi connectivity index (χ3n) is 6.71. The third-order valence-corrected chi connectivity index (χ3v) is 6.71. The van der Waals surface area contributed by atoms with E-state index in [2.05, 4.69) is 4.90 Å². The topological polar surface area (TPSA) is 60.9 Å². The van der Waals surface area contributed by atoms with Gasteiger partial charge in [-0.2, -0.15) is 0 Å². The number of piperidine rings is 1. The number of hydrogen-bond donors (Lipinski definition) is 1. The Hall–Kier alpha value is -3.02. The standard InChI is InChI=1S/C26H26N2O3/c29-24-21-11-4-7-19-8-5-12-22(23(19)21)25(30)28(24)16-6-15-27-17-13-26(31,14-18-27)20-9-2-1-3-10-20/h1-5,7-12,31H,6,13-18H2. The molecule has 2 aliphatic heterocycles. The first-order valence-electron chi connectivity index (χ1n) is 10.9. The molecule has 0 aromatic heterocycles. The van der Waals surface area contributed by atoms with Crippen LogP contribution in [0.25, 0.3) is 10.8 Å². The molecule has 0 bridgehead atoms. The molecule has 31 heavy (non-hydrogen) atoms. The van der Waals surface area contributed by atoms with Crippen LogP contribution in [0.3, 0.4) is 0 Å². The number of hydrogen-bond acceptors (Lipinski definition) is 4. The number of likely N-dealkylation sites (tertiary alicyclic amines) is 1. The van der Waals surface area contributed by atoms with E-state index < -0.39 is 5.60 Å². The van der Waals surface area contributed by atoms with E-state index in [0.29, 0.717) is 30.5 Å². The minimum atomic E-state index is -0.765. The highest BCUT2D eigenvalue weighted by Crippen LogP contribution is 2.33. The summed E-state index contributed by atoms with van der Waals surface area (Å²) < 4.78 is 0. The molecule has 5 nitrogen and oxygen atoms in total. The number of aliphatic hydroxyl groups is 1. The molecule has 0 radical (unpaired) electrons. The van der Waals surface area contributed by atoms with Gasteiger partial charge >= 0.3 is 0 Å². The predicted octanol–water partition coefficient (Wildman–Crippen LogP) is 3.81. The minimum absolute atomic E-state index is 0.202. The maximum absolute atomic E-state index is 13.0. The average Bonchev–Trinajstić information content (AvgIpc) is 2.81. The van der Waals surface area contributed by atoms with Crippen molar-refractivity contribution in [2.75, 3.05) is 26.2 Å². The van der Waals surface area contributed by atoms with Crippen LogP contribution in [-0.2, 0) is 5.60 Å². The molecule has 5 rings (SSSR count). The molecule has 1 N–H and O–H groups in total. The molecule has 1 fully saturated rings. The lowest BCUT2D eigenvalue weighted by atomic mass is 9.84. The molecule has 0 saturated carbocycles. The molecule has 1 saturated heterocycles. The van der Waals surface area contributed by atoms with Crippen LogP contribution in [-0.4, -0.2) is 52.9 Å². The van der Waals surface area contributed by atoms with E-state index >= 15 is 0 Å². The highest BCUT2D eigenvalue weighted by Gasteiger charge is 2.35. The zero-order valence-corrected chi connectivity index (χ0v) is 17.5. The Kier molecular flexibility index (Phi) is 5.08. The Morgan fingerprint density at radius 3 is 2.00 bits per heavy atom. The number of rotatable bonds is 5. The lowest BCUT2D eigenvalue weighted by Gasteiger charge is -2.38. The molecule has 158 valence electrons. The molecular weight excluding hydrogens is 388 g/mol. The van der Waals surface area contributed by atoms with Gasteiger partial charge in [0.1, 0.15) is 0 Å². The average molecular weight is 415 g/mol. The highest BCUT2D eigenvalue weighted by molar-refractivity contribution is 6.25. The van der Waals surface area contributed by atoms with Gasteiger partial charge in [0.05, 0.1) is 5.60 Å². The first kappa shape index (κ1) is 19.9. The summed E-state index contributed by atoms with van der Waals surface area (Å²) in [4.78, 5) is 29.7. The van der Waals surface area contributed by atoms with Gasteiger partial charge in [-0.05, 0) is 48.9 Å². The van der Waals surface area contributed by atoms with E-state index in [9.17, 15) is 14.7 Å². The fourth-order valence-electron chi connectivity index (χ4n) is 4.92. The van der Waals surface area contributed by atoms with E-state index in [1.165, 1.54) is 4.90 Å². The highest BCUT2D eigenvalue weighted by atomic mass is 16.3. The summed E-state index contributed by atoms with van der Waals surface area (Å²) in [5, 5.41) is 12.7. The van der Waals surface area contributed by atoms with Gasteiger partial charge in [-0.25, -0.2) is 0 Å². The van der Waals surface area contributed by atoms with Crippen LogP contribution in [0.4, 0.5) is 0 Å². The number of imide groups is 1. The number of benzene rings is 3. The molecule has 2 aliphatic rings. The zero-order valence-electron chi connectivity index (χ0n) is 17.5. The Morgan fingerprint density at radius 1 is 0.774 bits per heavy atom. The first-order valence-corrected chi connectivity index (χ1v) is 10.9. The van der Waals surface area contributed by atoms with Crippen LogP contribution in [0.5, 0.6) is 0 Å². The van der Waals surface area contributed by atoms with Gasteiger partial charge in [0.25, 0.3) is 11.8 Å². The molecule has 5 heteroatoms. The summed E-state index contributed by atoms with van der Waals surface area (Å²) in [6.07, 6.45) is 2.10. The Balaban J connectivity index is 1.21. The quantitative estimate of drug-likeness (QED) is 0.645. The normalized spacial score (nSPS) is 18.5. The van der Waals surface area contributed by atoms with Crippen LogP contribution < -0.4 is 0 Å². The molecule has 0 aliphatic carbocycles. The molecular formula is C26H26N2O3. The van der Waals surface area contributed by atoms with E-state index in [0.717, 1.165) is 42.4 Å². The maximum atomic E-state index is 13.0. The molecule has 0 unspecified atom stereocenters. The SMILES string of the molecule is O=C1c2cccc3cccc(c23)C(=O)N1CCCN1CCC(O)(c2ccccc2)CC1. The van der Waals surface area contributed by atoms with Crippen LogP contribution in [0.2, 0.25) is 0 Å². The summed E-state index contributed by atoms with van der Waals surface area (Å²) in [6, 6.07) is 21.1. The molecule has 0 spiro atoms. The van der Waals surface area contributed by atoms with Crippen LogP contribution in [0, 0.1) is 0 Å². The molecule has 2 amide bonds. The summed E-state index contributed by atoms with van der Waals surface area (Å²) in [6.45, 7) is 2.81. The van der Waals surface area contributed by atoms with Crippen molar-refractivity contribution in [3.8, 4) is 0 Å². The van der Waals surface area contributed by atoms with Gasteiger partial charge in [0.15, 0.2) is 0 Å². The zero-order chi connectivity index (χ0) is 21.4. The maximum Gasteiger partial charge on any atom is 0.261 e. The van der Waals surface area contributed by atoms with E-state index in [1.54, 1.807) is 0 Å². The van der Waals surface area contributed by atoms with Crippen LogP contribution in [0.15, 0.2) is 66.7 Å². The molecule has 2 heterocycles. The molecule has 3 aromatic rings. The lowest BCUT2D eigenvalue weighted by molar-refractivity contribution is -0.0261. The van der Waals surface area contributed by atoms with Crippen molar-refractivity contribution in [1.82, 2.24) is 9.80 Å². The monoisotopic (exact) mass is 414 g/mol. The summed E-state index contributed by atoms with van der Waals surface area (Å²) >= 11 is 0. The number of carbonyl (C=O) groups excluding carboxylic acids is 2. The summed E-state index contributed by atoms with van der Waals surface area (Å²) in [7, 11) is 0. The second-order valence-electron chi connectivity index (χ2n) is 8.56. The van der Waals surface area contributed by atoms with Crippen molar-refractivity contribution in [3.05, 3.63) is 83.4 Å². The Bertz CT molecular complexity index is 1080. The van der Waals surface area contributed by atoms with Crippen LogP contribution in [0.1, 0.15) is 45.5 Å². The second kappa shape index (κ2) is 7.91. The Morgan fingerprint density at radius 2 is 1.39 bits per heavy atom. The molecule has 0 atom stereocenters. The van der Waals surface area contributed by atoms with Gasteiger partial charge in [0, 0.05) is 36.1 Å². The Labute approximate surface area is 181 Å². The molecule has 3 aromatic carbocycles. The predicted molar refractivity (Wildman–Crippen MR) is 120 cm³/mol. The number of nitrogens with zero attached hydrogens (tertiary/aromatic N) is 2. The van der Waals surface area contributed by atoms with Crippen molar-refractivity contribution in [1.29, 1.82) is 0 Å². The smallest absolute Gasteiger partial charge is 0.261 e. The van der Waals surface area contributed by atoms with E-state index in [-0.39, 0.29) is 11.8 Å². The third kappa shape index (κ3) is 3.54.